The Labute approximate surface area is 139 Å². The summed E-state index contributed by atoms with van der Waals surface area (Å²) in [5, 5.41) is 9.24. The molecule has 3 heterocycles. The highest BCUT2D eigenvalue weighted by Crippen LogP contribution is 2.25. The van der Waals surface area contributed by atoms with E-state index in [4.69, 9.17) is 4.74 Å². The molecule has 1 atom stereocenters. The Bertz CT molecular complexity index is 783. The monoisotopic (exact) mass is 331 g/mol. The summed E-state index contributed by atoms with van der Waals surface area (Å²) in [6.07, 6.45) is 3.71. The normalized spacial score (nSPS) is 17.9. The van der Waals surface area contributed by atoms with E-state index in [0.29, 0.717) is 48.6 Å². The second-order valence-electron chi connectivity index (χ2n) is 5.96. The number of amides is 1. The van der Waals surface area contributed by atoms with E-state index in [1.165, 1.54) is 0 Å². The van der Waals surface area contributed by atoms with Crippen LogP contribution in [-0.2, 0) is 11.2 Å². The lowest BCUT2D eigenvalue weighted by atomic mass is 9.98. The van der Waals surface area contributed by atoms with Crippen LogP contribution >= 0.6 is 0 Å². The SMILES string of the molecule is CCc1nc2c(OC)cccn2c1C(=O)N1CCCC(C(=O)O)C1. The van der Waals surface area contributed by atoms with Gasteiger partial charge in [0.05, 0.1) is 18.7 Å². The van der Waals surface area contributed by atoms with Crippen LogP contribution in [-0.4, -0.2) is 51.5 Å². The summed E-state index contributed by atoms with van der Waals surface area (Å²) in [6.45, 7) is 2.76. The predicted octanol–water partition coefficient (Wildman–Crippen LogP) is 1.84. The van der Waals surface area contributed by atoms with Gasteiger partial charge in [0.15, 0.2) is 11.4 Å². The molecule has 0 spiro atoms. The lowest BCUT2D eigenvalue weighted by Crippen LogP contribution is -2.43. The number of nitrogens with zero attached hydrogens (tertiary/aromatic N) is 3. The number of pyridine rings is 1. The Balaban J connectivity index is 2.01. The van der Waals surface area contributed by atoms with E-state index in [0.717, 1.165) is 0 Å². The van der Waals surface area contributed by atoms with Gasteiger partial charge in [0.2, 0.25) is 0 Å². The zero-order valence-corrected chi connectivity index (χ0v) is 13.9. The number of aliphatic carboxylic acids is 1. The summed E-state index contributed by atoms with van der Waals surface area (Å²) in [5.74, 6) is -0.906. The molecule has 0 radical (unpaired) electrons. The Morgan fingerprint density at radius 1 is 1.46 bits per heavy atom. The number of aryl methyl sites for hydroxylation is 1. The van der Waals surface area contributed by atoms with Crippen molar-refractivity contribution in [3.05, 3.63) is 29.7 Å². The summed E-state index contributed by atoms with van der Waals surface area (Å²) in [4.78, 5) is 30.5. The number of piperidine rings is 1. The molecule has 128 valence electrons. The average molecular weight is 331 g/mol. The third-order valence-corrected chi connectivity index (χ3v) is 4.50. The first-order valence-corrected chi connectivity index (χ1v) is 8.12. The van der Waals surface area contributed by atoms with Crippen LogP contribution in [0.4, 0.5) is 0 Å². The van der Waals surface area contributed by atoms with Crippen LogP contribution < -0.4 is 4.74 Å². The number of imidazole rings is 1. The Hall–Kier alpha value is -2.57. The molecule has 7 nitrogen and oxygen atoms in total. The number of carbonyl (C=O) groups is 2. The molecule has 1 fully saturated rings. The third-order valence-electron chi connectivity index (χ3n) is 4.50. The van der Waals surface area contributed by atoms with Crippen LogP contribution in [0.5, 0.6) is 5.75 Å². The van der Waals surface area contributed by atoms with Gasteiger partial charge in [-0.1, -0.05) is 6.92 Å². The highest BCUT2D eigenvalue weighted by atomic mass is 16.5. The molecule has 2 aromatic rings. The summed E-state index contributed by atoms with van der Waals surface area (Å²) < 4.78 is 7.07. The smallest absolute Gasteiger partial charge is 0.308 e. The highest BCUT2D eigenvalue weighted by molar-refractivity contribution is 5.95. The molecule has 3 rings (SSSR count). The second-order valence-corrected chi connectivity index (χ2v) is 5.96. The topological polar surface area (TPSA) is 84.1 Å². The van der Waals surface area contributed by atoms with Crippen molar-refractivity contribution in [1.29, 1.82) is 0 Å². The average Bonchev–Trinajstić information content (AvgIpc) is 2.99. The zero-order chi connectivity index (χ0) is 17.3. The Kier molecular flexibility index (Phi) is 4.42. The maximum absolute atomic E-state index is 13.1. The Morgan fingerprint density at radius 3 is 2.92 bits per heavy atom. The molecule has 24 heavy (non-hydrogen) atoms. The van der Waals surface area contributed by atoms with E-state index in [9.17, 15) is 14.7 Å². The molecular formula is C17H21N3O4. The van der Waals surface area contributed by atoms with Crippen LogP contribution in [0.25, 0.3) is 5.65 Å². The van der Waals surface area contributed by atoms with Gasteiger partial charge in [0, 0.05) is 19.3 Å². The minimum atomic E-state index is -0.844. The number of rotatable bonds is 4. The van der Waals surface area contributed by atoms with Gasteiger partial charge in [-0.15, -0.1) is 0 Å². The molecule has 1 amide bonds. The molecule has 1 N–H and O–H groups in total. The first-order valence-electron chi connectivity index (χ1n) is 8.12. The van der Waals surface area contributed by atoms with Gasteiger partial charge >= 0.3 is 5.97 Å². The lowest BCUT2D eigenvalue weighted by molar-refractivity contribution is -0.143. The molecule has 1 saturated heterocycles. The molecule has 7 heteroatoms. The second kappa shape index (κ2) is 6.51. The predicted molar refractivity (Wildman–Crippen MR) is 87.4 cm³/mol. The van der Waals surface area contributed by atoms with Crippen molar-refractivity contribution in [2.24, 2.45) is 5.92 Å². The molecular weight excluding hydrogens is 310 g/mol. The van der Waals surface area contributed by atoms with Crippen LogP contribution in [0.2, 0.25) is 0 Å². The van der Waals surface area contributed by atoms with Gasteiger partial charge < -0.3 is 14.7 Å². The quantitative estimate of drug-likeness (QED) is 0.924. The molecule has 1 aliphatic heterocycles. The van der Waals surface area contributed by atoms with E-state index < -0.39 is 11.9 Å². The number of hydrogen-bond acceptors (Lipinski definition) is 4. The van der Waals surface area contributed by atoms with Gasteiger partial charge in [-0.05, 0) is 31.4 Å². The van der Waals surface area contributed by atoms with Gasteiger partial charge in [-0.2, -0.15) is 0 Å². The number of ether oxygens (including phenoxy) is 1. The van der Waals surface area contributed by atoms with Crippen LogP contribution in [0.3, 0.4) is 0 Å². The Morgan fingerprint density at radius 2 is 2.25 bits per heavy atom. The number of likely N-dealkylation sites (tertiary alicyclic amines) is 1. The molecule has 0 aliphatic carbocycles. The van der Waals surface area contributed by atoms with Crippen LogP contribution in [0.15, 0.2) is 18.3 Å². The zero-order valence-electron chi connectivity index (χ0n) is 13.9. The number of carbonyl (C=O) groups excluding carboxylic acids is 1. The minimum absolute atomic E-state index is 0.168. The number of fused-ring (bicyclic) bond motifs is 1. The fourth-order valence-corrected chi connectivity index (χ4v) is 3.23. The first kappa shape index (κ1) is 16.3. The molecule has 0 saturated carbocycles. The molecule has 2 aromatic heterocycles. The summed E-state index contributed by atoms with van der Waals surface area (Å²) in [6, 6.07) is 3.61. The van der Waals surface area contributed by atoms with E-state index >= 15 is 0 Å². The fraction of sp³-hybridized carbons (Fsp3) is 0.471. The third kappa shape index (κ3) is 2.70. The summed E-state index contributed by atoms with van der Waals surface area (Å²) in [7, 11) is 1.57. The van der Waals surface area contributed by atoms with Crippen molar-refractivity contribution in [3.8, 4) is 5.75 Å². The lowest BCUT2D eigenvalue weighted by Gasteiger charge is -2.30. The van der Waals surface area contributed by atoms with Gasteiger partial charge in [0.25, 0.3) is 5.91 Å². The van der Waals surface area contributed by atoms with E-state index in [-0.39, 0.29) is 12.5 Å². The highest BCUT2D eigenvalue weighted by Gasteiger charge is 2.31. The minimum Gasteiger partial charge on any atom is -0.493 e. The maximum atomic E-state index is 13.1. The van der Waals surface area contributed by atoms with E-state index in [1.807, 2.05) is 6.92 Å². The van der Waals surface area contributed by atoms with Crippen molar-refractivity contribution in [2.45, 2.75) is 26.2 Å². The fourth-order valence-electron chi connectivity index (χ4n) is 3.23. The molecule has 1 aliphatic rings. The first-order chi connectivity index (χ1) is 11.6. The van der Waals surface area contributed by atoms with E-state index in [2.05, 4.69) is 4.98 Å². The maximum Gasteiger partial charge on any atom is 0.308 e. The number of hydrogen-bond donors (Lipinski definition) is 1. The van der Waals surface area contributed by atoms with Gasteiger partial charge in [-0.3, -0.25) is 14.0 Å². The number of carboxylic acids is 1. The molecule has 0 aromatic carbocycles. The number of aromatic nitrogens is 2. The van der Waals surface area contributed by atoms with Crippen molar-refractivity contribution < 1.29 is 19.4 Å². The van der Waals surface area contributed by atoms with Crippen LogP contribution in [0, 0.1) is 5.92 Å². The number of carboxylic acid groups (broad SMARTS) is 1. The van der Waals surface area contributed by atoms with Crippen LogP contribution in [0.1, 0.15) is 35.9 Å². The summed E-state index contributed by atoms with van der Waals surface area (Å²) in [5.41, 5.74) is 1.80. The van der Waals surface area contributed by atoms with Gasteiger partial charge in [0.1, 0.15) is 5.69 Å². The van der Waals surface area contributed by atoms with Crippen molar-refractivity contribution in [1.82, 2.24) is 14.3 Å². The van der Waals surface area contributed by atoms with Crippen molar-refractivity contribution in [3.63, 3.8) is 0 Å². The summed E-state index contributed by atoms with van der Waals surface area (Å²) >= 11 is 0. The molecule has 0 bridgehead atoms. The van der Waals surface area contributed by atoms with Crippen molar-refractivity contribution in [2.75, 3.05) is 20.2 Å². The number of methoxy groups -OCH3 is 1. The standard InChI is InChI=1S/C17H21N3O4/c1-3-12-14(20-9-5-7-13(24-2)15(20)18-12)16(21)19-8-4-6-11(10-19)17(22)23/h5,7,9,11H,3-4,6,8,10H2,1-2H3,(H,22,23). The molecule has 1 unspecified atom stereocenters. The van der Waals surface area contributed by atoms with Crippen molar-refractivity contribution >= 4 is 17.5 Å². The van der Waals surface area contributed by atoms with Gasteiger partial charge in [-0.25, -0.2) is 4.98 Å². The largest absolute Gasteiger partial charge is 0.493 e. The van der Waals surface area contributed by atoms with E-state index in [1.54, 1.807) is 34.7 Å².